The van der Waals surface area contributed by atoms with Crippen LogP contribution in [-0.4, -0.2) is 61.0 Å². The molecule has 3 N–H and O–H groups in total. The molecule has 1 rings (SSSR count). The average molecular weight is 412 g/mol. The second-order valence-corrected chi connectivity index (χ2v) is 6.35. The fraction of sp³-hybridized carbons (Fsp3) is 0.579. The highest BCUT2D eigenvalue weighted by Gasteiger charge is 2.37. The minimum atomic E-state index is -1.75. The lowest BCUT2D eigenvalue weighted by molar-refractivity contribution is -0.164. The van der Waals surface area contributed by atoms with Gasteiger partial charge in [0.25, 0.3) is 0 Å². The molecular formula is C19H28N2O8. The summed E-state index contributed by atoms with van der Waals surface area (Å²) in [6, 6.07) is -0.487. The Bertz CT molecular complexity index is 666. The van der Waals surface area contributed by atoms with Crippen molar-refractivity contribution in [2.45, 2.75) is 46.3 Å². The molecule has 0 radical (unpaired) electrons. The van der Waals surface area contributed by atoms with E-state index >= 15 is 0 Å². The summed E-state index contributed by atoms with van der Waals surface area (Å²) in [5.74, 6) is -4.61. The van der Waals surface area contributed by atoms with Crippen molar-refractivity contribution < 1.29 is 38.5 Å². The molecule has 10 heteroatoms. The van der Waals surface area contributed by atoms with Gasteiger partial charge in [-0.05, 0) is 33.3 Å². The number of esters is 2. The Morgan fingerprint density at radius 2 is 1.72 bits per heavy atom. The number of aliphatic hydroxyl groups excluding tert-OH is 1. The highest BCUT2D eigenvalue weighted by molar-refractivity contribution is 6.14. The first-order chi connectivity index (χ1) is 13.7. The molecule has 29 heavy (non-hydrogen) atoms. The number of aliphatic hydroxyl groups is 1. The summed E-state index contributed by atoms with van der Waals surface area (Å²) in [6.45, 7) is 6.20. The number of hydrogen-bond donors (Lipinski definition) is 3. The summed E-state index contributed by atoms with van der Waals surface area (Å²) in [5, 5.41) is 14.3. The lowest BCUT2D eigenvalue weighted by atomic mass is 9.99. The third kappa shape index (κ3) is 7.94. The van der Waals surface area contributed by atoms with E-state index in [9.17, 15) is 19.2 Å². The molecule has 0 spiro atoms. The summed E-state index contributed by atoms with van der Waals surface area (Å²) < 4.78 is 14.5. The van der Waals surface area contributed by atoms with E-state index in [1.807, 2.05) is 0 Å². The number of hydrogen-bond acceptors (Lipinski definition) is 8. The van der Waals surface area contributed by atoms with Gasteiger partial charge in [-0.2, -0.15) is 0 Å². The lowest BCUT2D eigenvalue weighted by Gasteiger charge is -2.24. The van der Waals surface area contributed by atoms with E-state index in [1.165, 1.54) is 6.92 Å². The first-order valence-corrected chi connectivity index (χ1v) is 9.32. The average Bonchev–Trinajstić information content (AvgIpc) is 2.63. The molecule has 1 aliphatic carbocycles. The van der Waals surface area contributed by atoms with Crippen LogP contribution in [0.5, 0.6) is 0 Å². The van der Waals surface area contributed by atoms with Crippen molar-refractivity contribution in [3.63, 3.8) is 0 Å². The van der Waals surface area contributed by atoms with Crippen molar-refractivity contribution in [3.8, 4) is 0 Å². The van der Waals surface area contributed by atoms with Crippen molar-refractivity contribution in [1.29, 1.82) is 0 Å². The molecule has 2 amide bonds. The predicted molar refractivity (Wildman–Crippen MR) is 101 cm³/mol. The van der Waals surface area contributed by atoms with Gasteiger partial charge in [0, 0.05) is 12.1 Å². The van der Waals surface area contributed by atoms with E-state index in [1.54, 1.807) is 32.9 Å². The summed E-state index contributed by atoms with van der Waals surface area (Å²) >= 11 is 0. The van der Waals surface area contributed by atoms with E-state index in [2.05, 4.69) is 10.6 Å². The van der Waals surface area contributed by atoms with Crippen molar-refractivity contribution in [3.05, 3.63) is 23.4 Å². The molecule has 0 aromatic heterocycles. The Labute approximate surface area is 169 Å². The standard InChI is InChI=1S/C19H28N2O8/c1-5-27-17(24)15(18(25)28-6-2)16(23)21-14-9-13(8-7-11(14)3)20-19(26)29-10-12(4)22/h7-8,12-13,15,22H,5-6,9-10H2,1-4H3,(H,20,26)(H,21,23). The SMILES string of the molecule is CCOC(=O)C(C(=O)NC1=C(C)C=CC(NC(=O)OCC(C)O)C1)C(=O)OCC. The first kappa shape index (κ1) is 24.2. The van der Waals surface area contributed by atoms with E-state index < -0.39 is 42.0 Å². The summed E-state index contributed by atoms with van der Waals surface area (Å²) in [4.78, 5) is 48.4. The maximum absolute atomic E-state index is 12.6. The van der Waals surface area contributed by atoms with Gasteiger partial charge in [0.15, 0.2) is 0 Å². The molecule has 0 aromatic carbocycles. The van der Waals surface area contributed by atoms with Crippen LogP contribution in [0.4, 0.5) is 4.79 Å². The molecule has 0 fully saturated rings. The maximum atomic E-state index is 12.6. The van der Waals surface area contributed by atoms with Crippen LogP contribution in [0.15, 0.2) is 23.4 Å². The number of carbonyl (C=O) groups excluding carboxylic acids is 4. The molecular weight excluding hydrogens is 384 g/mol. The van der Waals surface area contributed by atoms with E-state index in [0.29, 0.717) is 11.3 Å². The number of alkyl carbamates (subject to hydrolysis) is 1. The zero-order valence-electron chi connectivity index (χ0n) is 17.0. The monoisotopic (exact) mass is 412 g/mol. The maximum Gasteiger partial charge on any atom is 0.407 e. The van der Waals surface area contributed by atoms with E-state index in [0.717, 1.165) is 0 Å². The van der Waals surface area contributed by atoms with Crippen molar-refractivity contribution >= 4 is 23.9 Å². The largest absolute Gasteiger partial charge is 0.465 e. The minimum Gasteiger partial charge on any atom is -0.465 e. The van der Waals surface area contributed by atoms with Crippen LogP contribution in [0.25, 0.3) is 0 Å². The van der Waals surface area contributed by atoms with Gasteiger partial charge < -0.3 is 30.0 Å². The fourth-order valence-corrected chi connectivity index (χ4v) is 2.43. The van der Waals surface area contributed by atoms with Crippen molar-refractivity contribution in [1.82, 2.24) is 10.6 Å². The zero-order valence-corrected chi connectivity index (χ0v) is 17.0. The minimum absolute atomic E-state index is 0.00699. The molecule has 1 aliphatic rings. The van der Waals surface area contributed by atoms with Gasteiger partial charge in [0.2, 0.25) is 11.8 Å². The van der Waals surface area contributed by atoms with Gasteiger partial charge in [-0.25, -0.2) is 4.79 Å². The van der Waals surface area contributed by atoms with Crippen LogP contribution >= 0.6 is 0 Å². The van der Waals surface area contributed by atoms with Gasteiger partial charge >= 0.3 is 18.0 Å². The summed E-state index contributed by atoms with van der Waals surface area (Å²) in [6.07, 6.45) is 2.09. The van der Waals surface area contributed by atoms with Crippen LogP contribution in [-0.2, 0) is 28.6 Å². The Balaban J connectivity index is 2.81. The molecule has 0 bridgehead atoms. The first-order valence-electron chi connectivity index (χ1n) is 9.32. The van der Waals surface area contributed by atoms with Gasteiger partial charge in [-0.3, -0.25) is 14.4 Å². The summed E-state index contributed by atoms with van der Waals surface area (Å²) in [7, 11) is 0. The third-order valence-corrected chi connectivity index (χ3v) is 3.82. The molecule has 2 atom stereocenters. The van der Waals surface area contributed by atoms with Crippen LogP contribution in [0, 0.1) is 5.92 Å². The van der Waals surface area contributed by atoms with Gasteiger partial charge in [-0.15, -0.1) is 0 Å². The quantitative estimate of drug-likeness (QED) is 0.283. The second-order valence-electron chi connectivity index (χ2n) is 6.35. The number of rotatable bonds is 9. The number of ether oxygens (including phenoxy) is 3. The zero-order chi connectivity index (χ0) is 22.0. The molecule has 0 saturated heterocycles. The van der Waals surface area contributed by atoms with Crippen molar-refractivity contribution in [2.24, 2.45) is 5.92 Å². The Morgan fingerprint density at radius 3 is 2.24 bits per heavy atom. The molecule has 10 nitrogen and oxygen atoms in total. The number of allylic oxidation sites excluding steroid dienone is 2. The van der Waals surface area contributed by atoms with Crippen LogP contribution in [0.2, 0.25) is 0 Å². The Kier molecular flexibility index (Phi) is 9.87. The van der Waals surface area contributed by atoms with Gasteiger partial charge in [0.05, 0.1) is 25.4 Å². The molecule has 0 aliphatic heterocycles. The van der Waals surface area contributed by atoms with Crippen LogP contribution in [0.3, 0.4) is 0 Å². The lowest BCUT2D eigenvalue weighted by Crippen LogP contribution is -2.44. The van der Waals surface area contributed by atoms with Crippen LogP contribution in [0.1, 0.15) is 34.1 Å². The Hall–Kier alpha value is -2.88. The normalized spacial score (nSPS) is 16.8. The molecule has 0 aromatic rings. The van der Waals surface area contributed by atoms with Crippen molar-refractivity contribution in [2.75, 3.05) is 19.8 Å². The third-order valence-electron chi connectivity index (χ3n) is 3.82. The van der Waals surface area contributed by atoms with Gasteiger partial charge in [0.1, 0.15) is 6.61 Å². The van der Waals surface area contributed by atoms with E-state index in [-0.39, 0.29) is 26.2 Å². The van der Waals surface area contributed by atoms with Crippen LogP contribution < -0.4 is 10.6 Å². The predicted octanol–water partition coefficient (Wildman–Crippen LogP) is 0.555. The highest BCUT2D eigenvalue weighted by Crippen LogP contribution is 2.18. The highest BCUT2D eigenvalue weighted by atomic mass is 16.6. The second kappa shape index (κ2) is 11.8. The molecule has 0 heterocycles. The fourth-order valence-electron chi connectivity index (χ4n) is 2.43. The number of amides is 2. The summed E-state index contributed by atoms with van der Waals surface area (Å²) in [5.41, 5.74) is 1.12. The topological polar surface area (TPSA) is 140 Å². The van der Waals surface area contributed by atoms with Gasteiger partial charge in [-0.1, -0.05) is 12.2 Å². The molecule has 0 saturated carbocycles. The van der Waals surface area contributed by atoms with E-state index in [4.69, 9.17) is 19.3 Å². The number of nitrogens with one attached hydrogen (secondary N) is 2. The smallest absolute Gasteiger partial charge is 0.407 e. The molecule has 162 valence electrons. The Morgan fingerprint density at radius 1 is 1.14 bits per heavy atom. The molecule has 2 unspecified atom stereocenters. The number of carbonyl (C=O) groups is 4.